The summed E-state index contributed by atoms with van der Waals surface area (Å²) in [5.74, 6) is 0.411. The zero-order valence-corrected chi connectivity index (χ0v) is 20.3. The molecule has 0 radical (unpaired) electrons. The minimum absolute atomic E-state index is 0.337. The van der Waals surface area contributed by atoms with Crippen molar-refractivity contribution in [2.75, 3.05) is 18.5 Å². The number of carbonyl (C=O) groups is 1. The van der Waals surface area contributed by atoms with Gasteiger partial charge in [-0.25, -0.2) is 14.8 Å². The molecule has 1 aromatic carbocycles. The number of allylic oxidation sites excluding steroid dienone is 1. The number of carbonyl (C=O) groups excluding carboxylic acids is 1. The maximum absolute atomic E-state index is 11.9. The summed E-state index contributed by atoms with van der Waals surface area (Å²) in [7, 11) is 0. The highest BCUT2D eigenvalue weighted by Crippen LogP contribution is 2.22. The van der Waals surface area contributed by atoms with Gasteiger partial charge in [0.1, 0.15) is 5.60 Å². The Morgan fingerprint density at radius 3 is 2.71 bits per heavy atom. The lowest BCUT2D eigenvalue weighted by atomic mass is 10.0. The number of nitrogens with zero attached hydrogens (tertiary/aromatic N) is 2. The van der Waals surface area contributed by atoms with Crippen LogP contribution >= 0.6 is 0 Å². The van der Waals surface area contributed by atoms with Crippen molar-refractivity contribution in [3.05, 3.63) is 53.5 Å². The Labute approximate surface area is 200 Å². The molecule has 1 saturated heterocycles. The summed E-state index contributed by atoms with van der Waals surface area (Å²) in [6.07, 6.45) is 6.15. The van der Waals surface area contributed by atoms with Crippen molar-refractivity contribution in [1.82, 2.24) is 20.6 Å². The molecule has 1 amide bonds. The van der Waals surface area contributed by atoms with Gasteiger partial charge < -0.3 is 30.8 Å². The van der Waals surface area contributed by atoms with Crippen molar-refractivity contribution in [1.29, 1.82) is 5.41 Å². The van der Waals surface area contributed by atoms with Crippen molar-refractivity contribution in [2.45, 2.75) is 58.7 Å². The first-order valence-corrected chi connectivity index (χ1v) is 11.4. The number of aryl methyl sites for hydroxylation is 1. The number of anilines is 1. The van der Waals surface area contributed by atoms with Gasteiger partial charge in [0.05, 0.1) is 11.4 Å². The Bertz CT molecular complexity index is 1030. The fourth-order valence-electron chi connectivity index (χ4n) is 3.43. The van der Waals surface area contributed by atoms with Crippen LogP contribution in [0.4, 0.5) is 10.7 Å². The molecule has 0 atom stereocenters. The van der Waals surface area contributed by atoms with Gasteiger partial charge in [0.2, 0.25) is 5.95 Å². The van der Waals surface area contributed by atoms with Crippen molar-refractivity contribution in [3.63, 3.8) is 0 Å². The summed E-state index contributed by atoms with van der Waals surface area (Å²) < 4.78 is 10.7. The second-order valence-corrected chi connectivity index (χ2v) is 9.18. The average molecular weight is 467 g/mol. The molecule has 0 aliphatic carbocycles. The first kappa shape index (κ1) is 25.2. The van der Waals surface area contributed by atoms with E-state index in [-0.39, 0.29) is 0 Å². The monoisotopic (exact) mass is 466 g/mol. The standard InChI is InChI=1S/C25H34N6O3/c1-17-13-18(5-6-19(17)15-29-24(32)34-25(2,3)4)22-7-10-27-23(31-22)30-21(14-26)16-28-20-8-11-33-12-9-20/h5-7,10,13-14,16,20,26,28H,8-9,11-12,15H2,1-4H3,(H,29,32)(H,27,30,31)/b21-16+,26-14?. The van der Waals surface area contributed by atoms with Crippen LogP contribution in [0.15, 0.2) is 42.4 Å². The van der Waals surface area contributed by atoms with Crippen LogP contribution < -0.4 is 16.0 Å². The van der Waals surface area contributed by atoms with E-state index in [4.69, 9.17) is 14.9 Å². The van der Waals surface area contributed by atoms with E-state index < -0.39 is 11.7 Å². The largest absolute Gasteiger partial charge is 0.444 e. The Morgan fingerprint density at radius 1 is 1.26 bits per heavy atom. The third-order valence-corrected chi connectivity index (χ3v) is 5.22. The summed E-state index contributed by atoms with van der Waals surface area (Å²) in [5.41, 5.74) is 3.76. The van der Waals surface area contributed by atoms with Crippen molar-refractivity contribution in [3.8, 4) is 11.3 Å². The van der Waals surface area contributed by atoms with Crippen molar-refractivity contribution in [2.24, 2.45) is 0 Å². The molecule has 4 N–H and O–H groups in total. The predicted molar refractivity (Wildman–Crippen MR) is 133 cm³/mol. The summed E-state index contributed by atoms with van der Waals surface area (Å²) in [6.45, 7) is 9.38. The van der Waals surface area contributed by atoms with Crippen LogP contribution in [-0.4, -0.2) is 47.1 Å². The number of aromatic nitrogens is 2. The minimum Gasteiger partial charge on any atom is -0.444 e. The van der Waals surface area contributed by atoms with E-state index in [9.17, 15) is 4.79 Å². The van der Waals surface area contributed by atoms with E-state index in [0.29, 0.717) is 24.2 Å². The molecule has 34 heavy (non-hydrogen) atoms. The lowest BCUT2D eigenvalue weighted by Gasteiger charge is -2.22. The van der Waals surface area contributed by atoms with Gasteiger partial charge >= 0.3 is 6.09 Å². The van der Waals surface area contributed by atoms with Gasteiger partial charge in [-0.15, -0.1) is 0 Å². The van der Waals surface area contributed by atoms with Gasteiger partial charge in [-0.3, -0.25) is 0 Å². The first-order valence-electron chi connectivity index (χ1n) is 11.4. The third-order valence-electron chi connectivity index (χ3n) is 5.22. The van der Waals surface area contributed by atoms with E-state index in [1.54, 1.807) is 12.4 Å². The Kier molecular flexibility index (Phi) is 8.59. The van der Waals surface area contributed by atoms with E-state index in [0.717, 1.165) is 48.4 Å². The molecule has 0 saturated carbocycles. The molecule has 3 rings (SSSR count). The quantitative estimate of drug-likeness (QED) is 0.431. The second-order valence-electron chi connectivity index (χ2n) is 9.18. The number of rotatable bonds is 8. The van der Waals surface area contributed by atoms with Crippen LogP contribution in [0.3, 0.4) is 0 Å². The van der Waals surface area contributed by atoms with E-state index in [1.807, 2.05) is 52.0 Å². The van der Waals surface area contributed by atoms with Gasteiger partial charge in [-0.2, -0.15) is 0 Å². The summed E-state index contributed by atoms with van der Waals surface area (Å²) in [6, 6.07) is 8.14. The highest BCUT2D eigenvalue weighted by molar-refractivity contribution is 5.79. The van der Waals surface area contributed by atoms with E-state index in [2.05, 4.69) is 25.9 Å². The number of hydrogen-bond donors (Lipinski definition) is 4. The Balaban J connectivity index is 1.64. The van der Waals surface area contributed by atoms with Crippen LogP contribution in [0.2, 0.25) is 0 Å². The smallest absolute Gasteiger partial charge is 0.407 e. The average Bonchev–Trinajstić information content (AvgIpc) is 2.80. The number of hydrogen-bond acceptors (Lipinski definition) is 8. The van der Waals surface area contributed by atoms with E-state index in [1.165, 1.54) is 6.21 Å². The molecule has 0 spiro atoms. The molecule has 1 aromatic heterocycles. The van der Waals surface area contributed by atoms with Crippen molar-refractivity contribution < 1.29 is 14.3 Å². The SMILES string of the molecule is Cc1cc(-c2ccnc(N/C(C=N)=C/NC3CCOCC3)n2)ccc1CNC(=O)OC(C)(C)C. The molecule has 2 aromatic rings. The zero-order valence-electron chi connectivity index (χ0n) is 20.3. The van der Waals surface area contributed by atoms with Crippen LogP contribution in [0, 0.1) is 12.3 Å². The molecule has 0 bridgehead atoms. The predicted octanol–water partition coefficient (Wildman–Crippen LogP) is 4.15. The summed E-state index contributed by atoms with van der Waals surface area (Å²) in [4.78, 5) is 20.8. The zero-order chi connectivity index (χ0) is 24.6. The molecular formula is C25H34N6O3. The number of nitrogens with one attached hydrogen (secondary N) is 4. The molecular weight excluding hydrogens is 432 g/mol. The molecule has 182 valence electrons. The topological polar surface area (TPSA) is 121 Å². The summed E-state index contributed by atoms with van der Waals surface area (Å²) in [5, 5.41) is 16.9. The minimum atomic E-state index is -0.532. The normalized spacial score (nSPS) is 14.9. The second kappa shape index (κ2) is 11.6. The number of alkyl carbamates (subject to hydrolysis) is 1. The summed E-state index contributed by atoms with van der Waals surface area (Å²) >= 11 is 0. The van der Waals surface area contributed by atoms with Gasteiger partial charge in [-0.1, -0.05) is 12.1 Å². The Morgan fingerprint density at radius 2 is 2.03 bits per heavy atom. The van der Waals surface area contributed by atoms with Crippen LogP contribution in [0.5, 0.6) is 0 Å². The van der Waals surface area contributed by atoms with Crippen LogP contribution in [0.25, 0.3) is 11.3 Å². The maximum atomic E-state index is 11.9. The molecule has 0 unspecified atom stereocenters. The van der Waals surface area contributed by atoms with E-state index >= 15 is 0 Å². The lowest BCUT2D eigenvalue weighted by Crippen LogP contribution is -2.32. The van der Waals surface area contributed by atoms with Crippen molar-refractivity contribution >= 4 is 18.3 Å². The number of amides is 1. The van der Waals surface area contributed by atoms with Gasteiger partial charge in [0.25, 0.3) is 0 Å². The highest BCUT2D eigenvalue weighted by Gasteiger charge is 2.16. The van der Waals surface area contributed by atoms with Gasteiger partial charge in [0.15, 0.2) is 0 Å². The third kappa shape index (κ3) is 7.84. The Hall–Kier alpha value is -3.46. The fourth-order valence-corrected chi connectivity index (χ4v) is 3.43. The molecule has 9 heteroatoms. The van der Waals surface area contributed by atoms with Crippen LogP contribution in [-0.2, 0) is 16.0 Å². The lowest BCUT2D eigenvalue weighted by molar-refractivity contribution is 0.0523. The highest BCUT2D eigenvalue weighted by atomic mass is 16.6. The molecule has 1 aliphatic rings. The fraction of sp³-hybridized carbons (Fsp3) is 0.440. The van der Waals surface area contributed by atoms with Gasteiger partial charge in [-0.05, 0) is 63.8 Å². The molecule has 2 heterocycles. The first-order chi connectivity index (χ1) is 16.2. The maximum Gasteiger partial charge on any atom is 0.407 e. The number of benzene rings is 1. The number of ether oxygens (including phenoxy) is 2. The van der Waals surface area contributed by atoms with Gasteiger partial charge in [0, 0.05) is 50.0 Å². The van der Waals surface area contributed by atoms with Crippen LogP contribution in [0.1, 0.15) is 44.7 Å². The molecule has 9 nitrogen and oxygen atoms in total. The molecule has 1 fully saturated rings. The molecule has 1 aliphatic heterocycles.